The lowest BCUT2D eigenvalue weighted by Crippen LogP contribution is -2.11. The van der Waals surface area contributed by atoms with Crippen LogP contribution >= 0.6 is 0 Å². The number of benzene rings is 2. The van der Waals surface area contributed by atoms with Gasteiger partial charge in [0.15, 0.2) is 11.5 Å². The summed E-state index contributed by atoms with van der Waals surface area (Å²) in [4.78, 5) is 10.6. The number of carboxylic acids is 1. The summed E-state index contributed by atoms with van der Waals surface area (Å²) in [6.07, 6.45) is 0. The number of aromatic carboxylic acids is 1. The van der Waals surface area contributed by atoms with Crippen molar-refractivity contribution in [3.05, 3.63) is 53.8 Å². The number of halogens is 1. The van der Waals surface area contributed by atoms with Crippen molar-refractivity contribution in [2.45, 2.75) is 4.90 Å². The molecule has 22 heavy (non-hydrogen) atoms. The lowest BCUT2D eigenvalue weighted by atomic mass is 10.2. The van der Waals surface area contributed by atoms with Crippen molar-refractivity contribution in [2.75, 3.05) is 7.11 Å². The molecule has 0 aliphatic carbocycles. The molecule has 2 aromatic carbocycles. The van der Waals surface area contributed by atoms with Crippen LogP contribution in [0.5, 0.6) is 11.5 Å². The first kappa shape index (κ1) is 15.8. The van der Waals surface area contributed by atoms with Gasteiger partial charge in [0.25, 0.3) is 0 Å². The van der Waals surface area contributed by atoms with Gasteiger partial charge in [-0.1, -0.05) is 0 Å². The second kappa shape index (κ2) is 6.02. The number of hydrogen-bond acceptors (Lipinski definition) is 5. The fraction of sp³-hybridized carbons (Fsp3) is 0.0714. The molecule has 0 unspecified atom stereocenters. The maximum atomic E-state index is 12.8. The molecule has 0 bridgehead atoms. The van der Waals surface area contributed by atoms with Crippen LogP contribution in [0.1, 0.15) is 10.4 Å². The van der Waals surface area contributed by atoms with Gasteiger partial charge in [0.1, 0.15) is 10.7 Å². The molecule has 0 radical (unpaired) electrons. The predicted octanol–water partition coefficient (Wildman–Crippen LogP) is 2.30. The summed E-state index contributed by atoms with van der Waals surface area (Å²) in [5.41, 5.74) is -0.0802. The molecule has 0 aliphatic heterocycles. The molecule has 0 aromatic heterocycles. The van der Waals surface area contributed by atoms with Crippen LogP contribution < -0.4 is 8.92 Å². The summed E-state index contributed by atoms with van der Waals surface area (Å²) < 4.78 is 46.8. The molecule has 0 amide bonds. The zero-order valence-corrected chi connectivity index (χ0v) is 12.1. The third-order valence-electron chi connectivity index (χ3n) is 2.71. The van der Waals surface area contributed by atoms with Crippen LogP contribution in [0.25, 0.3) is 0 Å². The van der Waals surface area contributed by atoms with Gasteiger partial charge in [-0.05, 0) is 42.5 Å². The van der Waals surface area contributed by atoms with Crippen molar-refractivity contribution < 1.29 is 31.6 Å². The zero-order valence-electron chi connectivity index (χ0n) is 11.3. The molecule has 0 saturated carbocycles. The van der Waals surface area contributed by atoms with Crippen molar-refractivity contribution in [1.29, 1.82) is 0 Å². The topological polar surface area (TPSA) is 89.9 Å². The largest absolute Gasteiger partial charge is 0.493 e. The van der Waals surface area contributed by atoms with Gasteiger partial charge in [-0.3, -0.25) is 0 Å². The molecule has 0 aliphatic rings. The minimum absolute atomic E-state index is 0.0504. The number of hydrogen-bond donors (Lipinski definition) is 1. The molecule has 0 spiro atoms. The summed E-state index contributed by atoms with van der Waals surface area (Å²) in [5, 5.41) is 8.88. The van der Waals surface area contributed by atoms with E-state index in [0.29, 0.717) is 0 Å². The maximum absolute atomic E-state index is 12.8. The van der Waals surface area contributed by atoms with Crippen molar-refractivity contribution in [3.8, 4) is 11.5 Å². The van der Waals surface area contributed by atoms with Crippen molar-refractivity contribution in [1.82, 2.24) is 0 Å². The third kappa shape index (κ3) is 3.34. The molecular weight excluding hydrogens is 315 g/mol. The van der Waals surface area contributed by atoms with Gasteiger partial charge in [-0.2, -0.15) is 8.42 Å². The first-order valence-electron chi connectivity index (χ1n) is 5.95. The van der Waals surface area contributed by atoms with E-state index in [4.69, 9.17) is 14.0 Å². The number of methoxy groups -OCH3 is 1. The highest BCUT2D eigenvalue weighted by molar-refractivity contribution is 7.87. The quantitative estimate of drug-likeness (QED) is 0.848. The Kier molecular flexibility index (Phi) is 4.32. The van der Waals surface area contributed by atoms with Crippen LogP contribution in [0.15, 0.2) is 47.4 Å². The van der Waals surface area contributed by atoms with Crippen LogP contribution in [-0.2, 0) is 10.1 Å². The van der Waals surface area contributed by atoms with Gasteiger partial charge in [0, 0.05) is 0 Å². The lowest BCUT2D eigenvalue weighted by molar-refractivity contribution is 0.0696. The van der Waals surface area contributed by atoms with Gasteiger partial charge in [-0.15, -0.1) is 0 Å². The number of ether oxygens (including phenoxy) is 1. The van der Waals surface area contributed by atoms with E-state index in [0.717, 1.165) is 30.3 Å². The first-order valence-corrected chi connectivity index (χ1v) is 7.35. The van der Waals surface area contributed by atoms with Crippen LogP contribution in [0, 0.1) is 5.82 Å². The fourth-order valence-corrected chi connectivity index (χ4v) is 2.58. The molecular formula is C14H11FO6S. The van der Waals surface area contributed by atoms with Crippen molar-refractivity contribution in [3.63, 3.8) is 0 Å². The Labute approximate surface area is 125 Å². The van der Waals surface area contributed by atoms with E-state index in [1.165, 1.54) is 19.2 Å². The Morgan fingerprint density at radius 2 is 1.73 bits per heavy atom. The summed E-state index contributed by atoms with van der Waals surface area (Å²) in [6.45, 7) is 0. The summed E-state index contributed by atoms with van der Waals surface area (Å²) in [6, 6.07) is 7.58. The van der Waals surface area contributed by atoms with Gasteiger partial charge in [0.05, 0.1) is 12.7 Å². The van der Waals surface area contributed by atoms with Crippen LogP contribution in [-0.4, -0.2) is 26.6 Å². The molecule has 0 atom stereocenters. The molecule has 0 fully saturated rings. The number of carboxylic acid groups (broad SMARTS) is 1. The SMILES string of the molecule is COc1cc(C(=O)O)ccc1OS(=O)(=O)c1ccc(F)cc1. The Morgan fingerprint density at radius 1 is 1.09 bits per heavy atom. The summed E-state index contributed by atoms with van der Waals surface area (Å²) >= 11 is 0. The van der Waals surface area contributed by atoms with E-state index in [1.807, 2.05) is 0 Å². The molecule has 2 rings (SSSR count). The zero-order chi connectivity index (χ0) is 16.3. The highest BCUT2D eigenvalue weighted by Crippen LogP contribution is 2.30. The Morgan fingerprint density at radius 3 is 2.27 bits per heavy atom. The molecule has 0 saturated heterocycles. The molecule has 0 heterocycles. The Bertz CT molecular complexity index is 799. The van der Waals surface area contributed by atoms with Gasteiger partial charge < -0.3 is 14.0 Å². The Hall–Kier alpha value is -2.61. The van der Waals surface area contributed by atoms with Crippen molar-refractivity contribution in [2.24, 2.45) is 0 Å². The average Bonchev–Trinajstić information content (AvgIpc) is 2.47. The lowest BCUT2D eigenvalue weighted by Gasteiger charge is -2.11. The van der Waals surface area contributed by atoms with Gasteiger partial charge in [0.2, 0.25) is 0 Å². The second-order valence-corrected chi connectivity index (χ2v) is 5.71. The normalized spacial score (nSPS) is 11.0. The number of carbonyl (C=O) groups is 1. The first-order chi connectivity index (χ1) is 10.3. The minimum Gasteiger partial charge on any atom is -0.493 e. The molecule has 1 N–H and O–H groups in total. The van der Waals surface area contributed by atoms with E-state index in [-0.39, 0.29) is 22.0 Å². The number of rotatable bonds is 5. The molecule has 8 heteroatoms. The Balaban J connectivity index is 2.37. The second-order valence-electron chi connectivity index (χ2n) is 4.16. The van der Waals surface area contributed by atoms with E-state index in [1.54, 1.807) is 0 Å². The summed E-state index contributed by atoms with van der Waals surface area (Å²) in [7, 11) is -2.94. The standard InChI is InChI=1S/C14H11FO6S/c1-20-13-8-9(14(16)17)2-7-12(13)21-22(18,19)11-5-3-10(15)4-6-11/h2-8H,1H3,(H,16,17). The minimum atomic E-state index is -4.19. The monoisotopic (exact) mass is 326 g/mol. The van der Waals surface area contributed by atoms with Gasteiger partial charge >= 0.3 is 16.1 Å². The molecule has 6 nitrogen and oxygen atoms in total. The van der Waals surface area contributed by atoms with Crippen LogP contribution in [0.3, 0.4) is 0 Å². The van der Waals surface area contributed by atoms with Crippen LogP contribution in [0.4, 0.5) is 4.39 Å². The van der Waals surface area contributed by atoms with Gasteiger partial charge in [-0.25, -0.2) is 9.18 Å². The highest BCUT2D eigenvalue weighted by atomic mass is 32.2. The smallest absolute Gasteiger partial charge is 0.339 e. The summed E-state index contributed by atoms with van der Waals surface area (Å²) in [5.74, 6) is -1.99. The van der Waals surface area contributed by atoms with Crippen molar-refractivity contribution >= 4 is 16.1 Å². The third-order valence-corrected chi connectivity index (χ3v) is 3.96. The predicted molar refractivity (Wildman–Crippen MR) is 74.2 cm³/mol. The average molecular weight is 326 g/mol. The van der Waals surface area contributed by atoms with E-state index < -0.39 is 21.9 Å². The van der Waals surface area contributed by atoms with Crippen LogP contribution in [0.2, 0.25) is 0 Å². The fourth-order valence-electron chi connectivity index (χ4n) is 1.64. The molecule has 2 aromatic rings. The highest BCUT2D eigenvalue weighted by Gasteiger charge is 2.20. The maximum Gasteiger partial charge on any atom is 0.339 e. The van der Waals surface area contributed by atoms with E-state index >= 15 is 0 Å². The van der Waals surface area contributed by atoms with E-state index in [9.17, 15) is 17.6 Å². The van der Waals surface area contributed by atoms with E-state index in [2.05, 4.69) is 0 Å². The molecule has 116 valence electrons.